The molecule has 1 aliphatic rings. The van der Waals surface area contributed by atoms with Gasteiger partial charge in [0.15, 0.2) is 0 Å². The summed E-state index contributed by atoms with van der Waals surface area (Å²) in [5.74, 6) is 0.915. The standard InChI is InChI=1S/C15H25N3O/c1-13(18-9-7-16-8-10-18)11-17-12-14-3-5-15(19-2)6-4-14/h3-6,13,16-17H,7-12H2,1-2H3. The molecule has 1 atom stereocenters. The number of methoxy groups -OCH3 is 1. The van der Waals surface area contributed by atoms with Gasteiger partial charge in [-0.2, -0.15) is 0 Å². The first-order valence-corrected chi connectivity index (χ1v) is 7.08. The Morgan fingerprint density at radius 1 is 1.26 bits per heavy atom. The zero-order chi connectivity index (χ0) is 13.5. The number of nitrogens with one attached hydrogen (secondary N) is 2. The average molecular weight is 263 g/mol. The maximum atomic E-state index is 5.16. The van der Waals surface area contributed by atoms with Crippen LogP contribution in [-0.4, -0.2) is 50.8 Å². The second-order valence-electron chi connectivity index (χ2n) is 5.11. The lowest BCUT2D eigenvalue weighted by molar-refractivity contribution is 0.181. The van der Waals surface area contributed by atoms with E-state index in [9.17, 15) is 0 Å². The van der Waals surface area contributed by atoms with E-state index in [0.717, 1.165) is 45.0 Å². The maximum absolute atomic E-state index is 5.16. The zero-order valence-electron chi connectivity index (χ0n) is 12.0. The molecule has 0 amide bonds. The number of rotatable bonds is 6. The molecule has 19 heavy (non-hydrogen) atoms. The Morgan fingerprint density at radius 2 is 1.95 bits per heavy atom. The van der Waals surface area contributed by atoms with Crippen molar-refractivity contribution in [3.63, 3.8) is 0 Å². The lowest BCUT2D eigenvalue weighted by atomic mass is 10.2. The van der Waals surface area contributed by atoms with E-state index in [1.165, 1.54) is 5.56 Å². The monoisotopic (exact) mass is 263 g/mol. The molecule has 0 radical (unpaired) electrons. The van der Waals surface area contributed by atoms with E-state index in [0.29, 0.717) is 6.04 Å². The second kappa shape index (κ2) is 7.48. The third-order valence-electron chi connectivity index (χ3n) is 3.70. The summed E-state index contributed by atoms with van der Waals surface area (Å²) in [6.45, 7) is 8.79. The fourth-order valence-electron chi connectivity index (χ4n) is 2.42. The first kappa shape index (κ1) is 14.3. The van der Waals surface area contributed by atoms with Crippen LogP contribution in [0.15, 0.2) is 24.3 Å². The van der Waals surface area contributed by atoms with Crippen LogP contribution < -0.4 is 15.4 Å². The summed E-state index contributed by atoms with van der Waals surface area (Å²) in [6, 6.07) is 8.84. The van der Waals surface area contributed by atoms with Gasteiger partial charge in [-0.1, -0.05) is 12.1 Å². The highest BCUT2D eigenvalue weighted by atomic mass is 16.5. The van der Waals surface area contributed by atoms with E-state index in [4.69, 9.17) is 4.74 Å². The first-order valence-electron chi connectivity index (χ1n) is 7.08. The van der Waals surface area contributed by atoms with Crippen molar-refractivity contribution in [2.45, 2.75) is 19.5 Å². The molecule has 0 spiro atoms. The van der Waals surface area contributed by atoms with Gasteiger partial charge in [0.05, 0.1) is 7.11 Å². The summed E-state index contributed by atoms with van der Waals surface area (Å²) < 4.78 is 5.16. The highest BCUT2D eigenvalue weighted by molar-refractivity contribution is 5.26. The van der Waals surface area contributed by atoms with Gasteiger partial charge in [-0.15, -0.1) is 0 Å². The molecule has 0 aromatic heterocycles. The topological polar surface area (TPSA) is 36.5 Å². The van der Waals surface area contributed by atoms with Gasteiger partial charge in [0.2, 0.25) is 0 Å². The van der Waals surface area contributed by atoms with Gasteiger partial charge < -0.3 is 15.4 Å². The number of hydrogen-bond donors (Lipinski definition) is 2. The summed E-state index contributed by atoms with van der Waals surface area (Å²) in [5, 5.41) is 6.92. The highest BCUT2D eigenvalue weighted by Crippen LogP contribution is 2.11. The van der Waals surface area contributed by atoms with Crippen LogP contribution in [0.5, 0.6) is 5.75 Å². The molecule has 1 aromatic carbocycles. The number of hydrogen-bond acceptors (Lipinski definition) is 4. The molecule has 1 heterocycles. The minimum Gasteiger partial charge on any atom is -0.497 e. The average Bonchev–Trinajstić information content (AvgIpc) is 2.49. The minimum absolute atomic E-state index is 0.598. The number of piperazine rings is 1. The van der Waals surface area contributed by atoms with Crippen LogP contribution in [0.4, 0.5) is 0 Å². The molecule has 1 aliphatic heterocycles. The molecular weight excluding hydrogens is 238 g/mol. The summed E-state index contributed by atoms with van der Waals surface area (Å²) in [5.41, 5.74) is 1.30. The van der Waals surface area contributed by atoms with Crippen molar-refractivity contribution in [3.8, 4) is 5.75 Å². The molecule has 4 nitrogen and oxygen atoms in total. The first-order chi connectivity index (χ1) is 9.29. The Labute approximate surface area is 116 Å². The molecule has 0 bridgehead atoms. The Kier molecular flexibility index (Phi) is 5.63. The van der Waals surface area contributed by atoms with Crippen LogP contribution in [0.25, 0.3) is 0 Å². The highest BCUT2D eigenvalue weighted by Gasteiger charge is 2.15. The molecule has 1 unspecified atom stereocenters. The normalized spacial score (nSPS) is 18.2. The van der Waals surface area contributed by atoms with Crippen molar-refractivity contribution in [2.75, 3.05) is 39.8 Å². The Hall–Kier alpha value is -1.10. The van der Waals surface area contributed by atoms with E-state index in [1.54, 1.807) is 7.11 Å². The van der Waals surface area contributed by atoms with E-state index in [1.807, 2.05) is 12.1 Å². The molecule has 0 saturated carbocycles. The smallest absolute Gasteiger partial charge is 0.118 e. The van der Waals surface area contributed by atoms with Crippen LogP contribution in [0.1, 0.15) is 12.5 Å². The largest absolute Gasteiger partial charge is 0.497 e. The number of ether oxygens (including phenoxy) is 1. The van der Waals surface area contributed by atoms with Crippen molar-refractivity contribution in [1.29, 1.82) is 0 Å². The zero-order valence-corrected chi connectivity index (χ0v) is 12.0. The van der Waals surface area contributed by atoms with E-state index in [-0.39, 0.29) is 0 Å². The van der Waals surface area contributed by atoms with Gasteiger partial charge in [-0.25, -0.2) is 0 Å². The van der Waals surface area contributed by atoms with Gasteiger partial charge in [0.1, 0.15) is 5.75 Å². The third kappa shape index (κ3) is 4.49. The molecule has 1 aromatic rings. The molecule has 2 rings (SSSR count). The predicted molar refractivity (Wildman–Crippen MR) is 78.6 cm³/mol. The number of nitrogens with zero attached hydrogens (tertiary/aromatic N) is 1. The van der Waals surface area contributed by atoms with E-state index in [2.05, 4.69) is 34.6 Å². The van der Waals surface area contributed by atoms with Gasteiger partial charge in [-0.3, -0.25) is 4.90 Å². The van der Waals surface area contributed by atoms with Crippen molar-refractivity contribution in [1.82, 2.24) is 15.5 Å². The summed E-state index contributed by atoms with van der Waals surface area (Å²) in [6.07, 6.45) is 0. The van der Waals surface area contributed by atoms with Gasteiger partial charge in [0, 0.05) is 45.3 Å². The Morgan fingerprint density at radius 3 is 2.58 bits per heavy atom. The summed E-state index contributed by atoms with van der Waals surface area (Å²) in [4.78, 5) is 2.54. The molecule has 1 saturated heterocycles. The lowest BCUT2D eigenvalue weighted by Crippen LogP contribution is -2.50. The fourth-order valence-corrected chi connectivity index (χ4v) is 2.42. The molecule has 4 heteroatoms. The maximum Gasteiger partial charge on any atom is 0.118 e. The fraction of sp³-hybridized carbons (Fsp3) is 0.600. The van der Waals surface area contributed by atoms with Crippen molar-refractivity contribution < 1.29 is 4.74 Å². The van der Waals surface area contributed by atoms with Crippen LogP contribution >= 0.6 is 0 Å². The van der Waals surface area contributed by atoms with Crippen LogP contribution in [0, 0.1) is 0 Å². The Balaban J connectivity index is 1.69. The van der Waals surface area contributed by atoms with Crippen molar-refractivity contribution in [3.05, 3.63) is 29.8 Å². The molecule has 0 aliphatic carbocycles. The SMILES string of the molecule is COc1ccc(CNCC(C)N2CCNCC2)cc1. The summed E-state index contributed by atoms with van der Waals surface area (Å²) in [7, 11) is 1.70. The van der Waals surface area contributed by atoms with Crippen molar-refractivity contribution in [2.24, 2.45) is 0 Å². The quantitative estimate of drug-likeness (QED) is 0.805. The lowest BCUT2D eigenvalue weighted by Gasteiger charge is -2.32. The third-order valence-corrected chi connectivity index (χ3v) is 3.70. The molecule has 2 N–H and O–H groups in total. The van der Waals surface area contributed by atoms with Gasteiger partial charge >= 0.3 is 0 Å². The van der Waals surface area contributed by atoms with E-state index >= 15 is 0 Å². The number of benzene rings is 1. The summed E-state index contributed by atoms with van der Waals surface area (Å²) >= 11 is 0. The van der Waals surface area contributed by atoms with Crippen LogP contribution in [0.2, 0.25) is 0 Å². The molecule has 106 valence electrons. The van der Waals surface area contributed by atoms with Crippen LogP contribution in [-0.2, 0) is 6.54 Å². The van der Waals surface area contributed by atoms with Crippen LogP contribution in [0.3, 0.4) is 0 Å². The predicted octanol–water partition coefficient (Wildman–Crippen LogP) is 1.08. The second-order valence-corrected chi connectivity index (χ2v) is 5.11. The Bertz CT molecular complexity index is 360. The van der Waals surface area contributed by atoms with Crippen molar-refractivity contribution >= 4 is 0 Å². The van der Waals surface area contributed by atoms with Gasteiger partial charge in [0.25, 0.3) is 0 Å². The molecular formula is C15H25N3O. The van der Waals surface area contributed by atoms with Gasteiger partial charge in [-0.05, 0) is 24.6 Å². The minimum atomic E-state index is 0.598. The van der Waals surface area contributed by atoms with E-state index < -0.39 is 0 Å². The molecule has 1 fully saturated rings.